The number of carbonyl (C=O) groups excluding carboxylic acids is 2. The molecule has 3 rings (SSSR count). The van der Waals surface area contributed by atoms with Crippen LogP contribution in [0.3, 0.4) is 0 Å². The van der Waals surface area contributed by atoms with Crippen molar-refractivity contribution in [2.45, 2.75) is 50.7 Å². The lowest BCUT2D eigenvalue weighted by Crippen LogP contribution is -2.45. The Kier molecular flexibility index (Phi) is 3.95. The highest BCUT2D eigenvalue weighted by molar-refractivity contribution is 5.87. The van der Waals surface area contributed by atoms with Crippen LogP contribution in [0.5, 0.6) is 0 Å². The van der Waals surface area contributed by atoms with Crippen LogP contribution in [0.1, 0.15) is 44.1 Å². The summed E-state index contributed by atoms with van der Waals surface area (Å²) in [4.78, 5) is 24.2. The fourth-order valence-corrected chi connectivity index (χ4v) is 3.53. The molecule has 1 N–H and O–H groups in total. The van der Waals surface area contributed by atoms with Gasteiger partial charge in [-0.1, -0.05) is 36.8 Å². The zero-order valence-electron chi connectivity index (χ0n) is 12.1. The molecule has 1 aliphatic heterocycles. The summed E-state index contributed by atoms with van der Waals surface area (Å²) in [6.07, 6.45) is 5.11. The zero-order valence-corrected chi connectivity index (χ0v) is 12.1. The highest BCUT2D eigenvalue weighted by atomic mass is 16.6. The Bertz CT molecular complexity index is 520. The van der Waals surface area contributed by atoms with Gasteiger partial charge in [0.1, 0.15) is 5.60 Å². The number of amides is 1. The highest BCUT2D eigenvalue weighted by Gasteiger charge is 2.52. The van der Waals surface area contributed by atoms with E-state index in [0.29, 0.717) is 6.54 Å². The Balaban J connectivity index is 1.66. The van der Waals surface area contributed by atoms with Crippen molar-refractivity contribution < 1.29 is 14.3 Å². The van der Waals surface area contributed by atoms with Crippen LogP contribution in [0, 0.1) is 5.92 Å². The van der Waals surface area contributed by atoms with Crippen LogP contribution in [-0.2, 0) is 20.9 Å². The molecule has 1 aromatic rings. The molecular weight excluding hydrogens is 266 g/mol. The maximum absolute atomic E-state index is 12.5. The average Bonchev–Trinajstić information content (AvgIpc) is 2.82. The number of benzene rings is 1. The molecule has 0 aromatic heterocycles. The summed E-state index contributed by atoms with van der Waals surface area (Å²) in [5.74, 6) is -0.600. The predicted octanol–water partition coefficient (Wildman–Crippen LogP) is 2.57. The Morgan fingerprint density at radius 2 is 1.90 bits per heavy atom. The van der Waals surface area contributed by atoms with E-state index in [9.17, 15) is 9.59 Å². The first-order chi connectivity index (χ1) is 10.2. The fourth-order valence-electron chi connectivity index (χ4n) is 3.53. The predicted molar refractivity (Wildman–Crippen MR) is 78.3 cm³/mol. The molecule has 0 radical (unpaired) electrons. The highest BCUT2D eigenvalue weighted by Crippen LogP contribution is 2.44. The van der Waals surface area contributed by atoms with E-state index in [2.05, 4.69) is 5.32 Å². The summed E-state index contributed by atoms with van der Waals surface area (Å²) in [7, 11) is 0. The van der Waals surface area contributed by atoms with Crippen molar-refractivity contribution in [1.29, 1.82) is 0 Å². The largest absolute Gasteiger partial charge is 0.458 e. The quantitative estimate of drug-likeness (QED) is 0.869. The van der Waals surface area contributed by atoms with Crippen LogP contribution in [0.4, 0.5) is 0 Å². The van der Waals surface area contributed by atoms with Gasteiger partial charge in [-0.05, 0) is 31.2 Å². The molecule has 0 bridgehead atoms. The van der Waals surface area contributed by atoms with Gasteiger partial charge in [0.25, 0.3) is 0 Å². The van der Waals surface area contributed by atoms with Crippen molar-refractivity contribution in [2.75, 3.05) is 0 Å². The van der Waals surface area contributed by atoms with Gasteiger partial charge < -0.3 is 10.1 Å². The second-order valence-corrected chi connectivity index (χ2v) is 6.06. The molecule has 4 nitrogen and oxygen atoms in total. The molecule has 1 aromatic carbocycles. The van der Waals surface area contributed by atoms with Crippen LogP contribution in [-0.4, -0.2) is 17.5 Å². The summed E-state index contributed by atoms with van der Waals surface area (Å²) in [6.45, 7) is 0.500. The molecule has 2 aliphatic rings. The number of hydrogen-bond donors (Lipinski definition) is 1. The molecular formula is C17H21NO3. The lowest BCUT2D eigenvalue weighted by Gasteiger charge is -2.36. The number of ether oxygens (including phenoxy) is 1. The first kappa shape index (κ1) is 14.1. The molecule has 1 saturated carbocycles. The summed E-state index contributed by atoms with van der Waals surface area (Å²) in [5.41, 5.74) is 0.532. The molecule has 112 valence electrons. The maximum Gasteiger partial charge on any atom is 0.307 e. The van der Waals surface area contributed by atoms with E-state index in [1.807, 2.05) is 30.3 Å². The molecule has 4 heteroatoms. The smallest absolute Gasteiger partial charge is 0.307 e. The summed E-state index contributed by atoms with van der Waals surface area (Å²) < 4.78 is 5.58. The second kappa shape index (κ2) is 5.88. The van der Waals surface area contributed by atoms with Crippen molar-refractivity contribution in [3.05, 3.63) is 35.9 Å². The van der Waals surface area contributed by atoms with Crippen LogP contribution >= 0.6 is 0 Å². The molecule has 21 heavy (non-hydrogen) atoms. The van der Waals surface area contributed by atoms with Crippen molar-refractivity contribution in [3.63, 3.8) is 0 Å². The maximum atomic E-state index is 12.5. The van der Waals surface area contributed by atoms with E-state index >= 15 is 0 Å². The van der Waals surface area contributed by atoms with Crippen LogP contribution in [0.25, 0.3) is 0 Å². The van der Waals surface area contributed by atoms with Crippen molar-refractivity contribution in [3.8, 4) is 0 Å². The Morgan fingerprint density at radius 1 is 1.19 bits per heavy atom. The second-order valence-electron chi connectivity index (χ2n) is 6.06. The Morgan fingerprint density at radius 3 is 2.62 bits per heavy atom. The number of esters is 1. The normalized spacial score (nSPS) is 23.8. The van der Waals surface area contributed by atoms with E-state index in [-0.39, 0.29) is 24.2 Å². The van der Waals surface area contributed by atoms with Gasteiger partial charge in [-0.2, -0.15) is 0 Å². The topological polar surface area (TPSA) is 55.4 Å². The summed E-state index contributed by atoms with van der Waals surface area (Å²) in [6, 6.07) is 9.81. The van der Waals surface area contributed by atoms with Crippen molar-refractivity contribution >= 4 is 11.9 Å². The van der Waals surface area contributed by atoms with Crippen molar-refractivity contribution in [2.24, 2.45) is 5.92 Å². The summed E-state index contributed by atoms with van der Waals surface area (Å²) >= 11 is 0. The average molecular weight is 287 g/mol. The summed E-state index contributed by atoms with van der Waals surface area (Å²) in [5, 5.41) is 2.96. The van der Waals surface area contributed by atoms with Gasteiger partial charge in [-0.25, -0.2) is 0 Å². The minimum absolute atomic E-state index is 0.0494. The third-order valence-electron chi connectivity index (χ3n) is 4.65. The number of rotatable bonds is 3. The van der Waals surface area contributed by atoms with Crippen molar-refractivity contribution in [1.82, 2.24) is 5.32 Å². The molecule has 1 aliphatic carbocycles. The molecule has 1 heterocycles. The lowest BCUT2D eigenvalue weighted by molar-refractivity contribution is -0.153. The SMILES string of the molecule is O=C1C[C@H](C(=O)NCc2ccccc2)C2(CCCCC2)O1. The molecule has 1 amide bonds. The van der Waals surface area contributed by atoms with E-state index in [4.69, 9.17) is 4.74 Å². The van der Waals surface area contributed by atoms with E-state index in [1.165, 1.54) is 0 Å². The van der Waals surface area contributed by atoms with Gasteiger partial charge in [0.05, 0.1) is 12.3 Å². The zero-order chi connectivity index (χ0) is 14.7. The van der Waals surface area contributed by atoms with Crippen LogP contribution in [0.15, 0.2) is 30.3 Å². The minimum atomic E-state index is -0.532. The molecule has 0 unspecified atom stereocenters. The van der Waals surface area contributed by atoms with Gasteiger partial charge in [-0.3, -0.25) is 9.59 Å². The van der Waals surface area contributed by atoms with Gasteiger partial charge >= 0.3 is 5.97 Å². The van der Waals surface area contributed by atoms with Gasteiger partial charge in [0, 0.05) is 6.54 Å². The Labute approximate surface area is 124 Å². The lowest BCUT2D eigenvalue weighted by atomic mass is 9.75. The number of hydrogen-bond acceptors (Lipinski definition) is 3. The van der Waals surface area contributed by atoms with Crippen LogP contribution < -0.4 is 5.32 Å². The van der Waals surface area contributed by atoms with Gasteiger partial charge in [-0.15, -0.1) is 0 Å². The minimum Gasteiger partial charge on any atom is -0.458 e. The third kappa shape index (κ3) is 2.94. The molecule has 1 spiro atoms. The monoisotopic (exact) mass is 287 g/mol. The van der Waals surface area contributed by atoms with E-state index in [1.54, 1.807) is 0 Å². The number of nitrogens with one attached hydrogen (secondary N) is 1. The van der Waals surface area contributed by atoms with Crippen LogP contribution in [0.2, 0.25) is 0 Å². The standard InChI is InChI=1S/C17H21NO3/c19-15-11-14(17(21-15)9-5-2-6-10-17)16(20)18-12-13-7-3-1-4-8-13/h1,3-4,7-8,14H,2,5-6,9-12H2,(H,18,20)/t14-/m1/s1. The first-order valence-corrected chi connectivity index (χ1v) is 7.73. The molecule has 2 fully saturated rings. The third-order valence-corrected chi connectivity index (χ3v) is 4.65. The van der Waals surface area contributed by atoms with E-state index < -0.39 is 5.60 Å². The molecule has 1 atom stereocenters. The Hall–Kier alpha value is -1.84. The molecule has 1 saturated heterocycles. The number of carbonyl (C=O) groups is 2. The van der Waals surface area contributed by atoms with E-state index in [0.717, 1.165) is 37.7 Å². The first-order valence-electron chi connectivity index (χ1n) is 7.73. The fraction of sp³-hybridized carbons (Fsp3) is 0.529. The van der Waals surface area contributed by atoms with Gasteiger partial charge in [0.2, 0.25) is 5.91 Å². The van der Waals surface area contributed by atoms with Gasteiger partial charge in [0.15, 0.2) is 0 Å².